The maximum Gasteiger partial charge on any atom is 0.247 e. The summed E-state index contributed by atoms with van der Waals surface area (Å²) in [7, 11) is 0. The first kappa shape index (κ1) is 14.5. The van der Waals surface area contributed by atoms with Gasteiger partial charge in [0.2, 0.25) is 17.6 Å². The molecule has 0 amide bonds. The maximum absolute atomic E-state index is 5.87. The second kappa shape index (κ2) is 6.21. The summed E-state index contributed by atoms with van der Waals surface area (Å²) >= 11 is 5.87. The number of hydrogen-bond acceptors (Lipinski definition) is 6. The Morgan fingerprint density at radius 1 is 0.875 bits per heavy atom. The van der Waals surface area contributed by atoms with Gasteiger partial charge in [0.1, 0.15) is 6.54 Å². The number of rotatable bonds is 4. The van der Waals surface area contributed by atoms with Crippen LogP contribution in [-0.2, 0) is 6.54 Å². The van der Waals surface area contributed by atoms with Crippen LogP contribution in [-0.4, -0.2) is 30.4 Å². The van der Waals surface area contributed by atoms with Crippen molar-refractivity contribution in [1.82, 2.24) is 30.4 Å². The lowest BCUT2D eigenvalue weighted by molar-refractivity contribution is 0.446. The smallest absolute Gasteiger partial charge is 0.247 e. The van der Waals surface area contributed by atoms with E-state index in [2.05, 4.69) is 25.6 Å². The van der Waals surface area contributed by atoms with Crippen LogP contribution in [0.25, 0.3) is 22.8 Å². The van der Waals surface area contributed by atoms with E-state index < -0.39 is 0 Å². The molecule has 0 spiro atoms. The fraction of sp³-hybridized carbons (Fsp3) is 0.0625. The predicted octanol–water partition coefficient (Wildman–Crippen LogP) is 3.09. The van der Waals surface area contributed by atoms with E-state index in [1.807, 2.05) is 42.5 Å². The number of nitrogens with zero attached hydrogens (tertiary/aromatic N) is 6. The van der Waals surface area contributed by atoms with E-state index in [0.717, 1.165) is 11.1 Å². The van der Waals surface area contributed by atoms with Crippen molar-refractivity contribution >= 4 is 11.6 Å². The molecule has 24 heavy (non-hydrogen) atoms. The van der Waals surface area contributed by atoms with Crippen molar-refractivity contribution in [2.75, 3.05) is 0 Å². The highest BCUT2D eigenvalue weighted by Crippen LogP contribution is 2.20. The van der Waals surface area contributed by atoms with Gasteiger partial charge in [0.15, 0.2) is 0 Å². The summed E-state index contributed by atoms with van der Waals surface area (Å²) in [5, 5.41) is 21.1. The van der Waals surface area contributed by atoms with Gasteiger partial charge in [-0.3, -0.25) is 0 Å². The van der Waals surface area contributed by atoms with Crippen molar-refractivity contribution in [1.29, 1.82) is 0 Å². The molecule has 0 fully saturated rings. The summed E-state index contributed by atoms with van der Waals surface area (Å²) in [6.45, 7) is 0.250. The average Bonchev–Trinajstić information content (AvgIpc) is 3.27. The molecule has 0 saturated heterocycles. The van der Waals surface area contributed by atoms with Crippen molar-refractivity contribution in [2.24, 2.45) is 0 Å². The summed E-state index contributed by atoms with van der Waals surface area (Å²) in [5.74, 6) is 1.37. The third-order valence-electron chi connectivity index (χ3n) is 3.32. The van der Waals surface area contributed by atoms with Crippen molar-refractivity contribution in [3.05, 3.63) is 65.5 Å². The summed E-state index contributed by atoms with van der Waals surface area (Å²) in [4.78, 5) is 1.42. The van der Waals surface area contributed by atoms with Gasteiger partial charge in [-0.15, -0.1) is 20.4 Å². The van der Waals surface area contributed by atoms with E-state index in [0.29, 0.717) is 22.6 Å². The van der Waals surface area contributed by atoms with Crippen LogP contribution in [0.1, 0.15) is 5.89 Å². The molecule has 7 nitrogen and oxygen atoms in total. The van der Waals surface area contributed by atoms with Gasteiger partial charge < -0.3 is 4.42 Å². The molecule has 0 radical (unpaired) electrons. The molecule has 2 aromatic heterocycles. The molecule has 4 rings (SSSR count). The third kappa shape index (κ3) is 3.02. The maximum atomic E-state index is 5.87. The quantitative estimate of drug-likeness (QED) is 0.568. The molecule has 2 heterocycles. The first-order valence-electron chi connectivity index (χ1n) is 7.19. The standard InChI is InChI=1S/C16H11ClN6O/c17-13-8-6-12(7-9-13)16-20-18-14(24-16)10-23-21-15(19-22-23)11-4-2-1-3-5-11/h1-9H,10H2. The Morgan fingerprint density at radius 3 is 2.46 bits per heavy atom. The Bertz CT molecular complexity index is 948. The van der Waals surface area contributed by atoms with Crippen LogP contribution in [0, 0.1) is 0 Å². The topological polar surface area (TPSA) is 82.5 Å². The minimum absolute atomic E-state index is 0.250. The molecule has 0 N–H and O–H groups in total. The minimum Gasteiger partial charge on any atom is -0.419 e. The zero-order chi connectivity index (χ0) is 16.4. The molecule has 0 atom stereocenters. The fourth-order valence-corrected chi connectivity index (χ4v) is 2.29. The Morgan fingerprint density at radius 2 is 1.67 bits per heavy atom. The number of benzene rings is 2. The van der Waals surface area contributed by atoms with Crippen LogP contribution in [0.2, 0.25) is 5.02 Å². The van der Waals surface area contributed by atoms with Gasteiger partial charge >= 0.3 is 0 Å². The Hall–Kier alpha value is -3.06. The van der Waals surface area contributed by atoms with Crippen LogP contribution in [0.5, 0.6) is 0 Å². The monoisotopic (exact) mass is 338 g/mol. The van der Waals surface area contributed by atoms with E-state index in [9.17, 15) is 0 Å². The highest BCUT2D eigenvalue weighted by Gasteiger charge is 2.11. The van der Waals surface area contributed by atoms with Crippen molar-refractivity contribution in [3.8, 4) is 22.8 Å². The van der Waals surface area contributed by atoms with Gasteiger partial charge in [-0.25, -0.2) is 0 Å². The first-order valence-corrected chi connectivity index (χ1v) is 7.57. The lowest BCUT2D eigenvalue weighted by Crippen LogP contribution is -2.04. The van der Waals surface area contributed by atoms with Crippen molar-refractivity contribution < 1.29 is 4.42 Å². The Labute approximate surface area is 141 Å². The predicted molar refractivity (Wildman–Crippen MR) is 87.1 cm³/mol. The summed E-state index contributed by atoms with van der Waals surface area (Å²) in [5.41, 5.74) is 1.70. The van der Waals surface area contributed by atoms with Crippen molar-refractivity contribution in [2.45, 2.75) is 6.54 Å². The van der Waals surface area contributed by atoms with Crippen LogP contribution >= 0.6 is 11.6 Å². The molecule has 0 saturated carbocycles. The lowest BCUT2D eigenvalue weighted by atomic mass is 10.2. The van der Waals surface area contributed by atoms with Gasteiger partial charge in [0, 0.05) is 16.1 Å². The van der Waals surface area contributed by atoms with E-state index in [-0.39, 0.29) is 6.54 Å². The zero-order valence-corrected chi connectivity index (χ0v) is 13.1. The molecular formula is C16H11ClN6O. The van der Waals surface area contributed by atoms with Gasteiger partial charge in [-0.05, 0) is 29.5 Å². The Balaban J connectivity index is 1.52. The summed E-state index contributed by atoms with van der Waals surface area (Å²) < 4.78 is 5.63. The van der Waals surface area contributed by atoms with Gasteiger partial charge in [0.05, 0.1) is 0 Å². The summed E-state index contributed by atoms with van der Waals surface area (Å²) in [6.07, 6.45) is 0. The molecule has 8 heteroatoms. The van der Waals surface area contributed by atoms with Crippen LogP contribution in [0.4, 0.5) is 0 Å². The van der Waals surface area contributed by atoms with Gasteiger partial charge in [0.25, 0.3) is 0 Å². The molecular weight excluding hydrogens is 328 g/mol. The summed E-state index contributed by atoms with van der Waals surface area (Å²) in [6, 6.07) is 16.8. The first-order chi connectivity index (χ1) is 11.8. The van der Waals surface area contributed by atoms with E-state index in [1.54, 1.807) is 12.1 Å². The number of aromatic nitrogens is 6. The van der Waals surface area contributed by atoms with E-state index in [1.165, 1.54) is 4.80 Å². The largest absolute Gasteiger partial charge is 0.419 e. The number of tetrazole rings is 1. The second-order valence-electron chi connectivity index (χ2n) is 5.02. The fourth-order valence-electron chi connectivity index (χ4n) is 2.16. The zero-order valence-electron chi connectivity index (χ0n) is 12.4. The minimum atomic E-state index is 0.250. The second-order valence-corrected chi connectivity index (χ2v) is 5.45. The molecule has 4 aromatic rings. The average molecular weight is 339 g/mol. The molecule has 0 aliphatic rings. The number of halogens is 1. The van der Waals surface area contributed by atoms with E-state index in [4.69, 9.17) is 16.0 Å². The van der Waals surface area contributed by atoms with E-state index >= 15 is 0 Å². The highest BCUT2D eigenvalue weighted by atomic mass is 35.5. The van der Waals surface area contributed by atoms with Gasteiger partial charge in [-0.2, -0.15) is 4.80 Å². The van der Waals surface area contributed by atoms with Gasteiger partial charge in [-0.1, -0.05) is 41.9 Å². The van der Waals surface area contributed by atoms with Crippen LogP contribution < -0.4 is 0 Å². The Kier molecular flexibility index (Phi) is 3.76. The van der Waals surface area contributed by atoms with Crippen molar-refractivity contribution in [3.63, 3.8) is 0 Å². The molecule has 2 aromatic carbocycles. The van der Waals surface area contributed by atoms with Crippen LogP contribution in [0.3, 0.4) is 0 Å². The molecule has 0 unspecified atom stereocenters. The highest BCUT2D eigenvalue weighted by molar-refractivity contribution is 6.30. The molecule has 0 aliphatic heterocycles. The lowest BCUT2D eigenvalue weighted by Gasteiger charge is -1.95. The van der Waals surface area contributed by atoms with Crippen LogP contribution in [0.15, 0.2) is 59.0 Å². The molecule has 0 bridgehead atoms. The SMILES string of the molecule is Clc1ccc(-c2nnc(Cn3nnc(-c4ccccc4)n3)o2)cc1. The third-order valence-corrected chi connectivity index (χ3v) is 3.57. The number of hydrogen-bond donors (Lipinski definition) is 0. The normalized spacial score (nSPS) is 10.9. The molecule has 0 aliphatic carbocycles. The molecule has 118 valence electrons.